The zero-order valence-electron chi connectivity index (χ0n) is 13.5. The van der Waals surface area contributed by atoms with Crippen LogP contribution < -0.4 is 10.9 Å². The second-order valence-corrected chi connectivity index (χ2v) is 6.64. The average molecular weight is 327 g/mol. The Morgan fingerprint density at radius 1 is 1.12 bits per heavy atom. The van der Waals surface area contributed by atoms with E-state index in [4.69, 9.17) is 4.42 Å². The van der Waals surface area contributed by atoms with Crippen molar-refractivity contribution in [2.45, 2.75) is 12.8 Å². The zero-order chi connectivity index (χ0) is 16.5. The molecular formula is C18H21N3O3. The third-order valence-corrected chi connectivity index (χ3v) is 5.23. The highest BCUT2D eigenvalue weighted by Gasteiger charge is 2.32. The van der Waals surface area contributed by atoms with Gasteiger partial charge in [0.05, 0.1) is 12.0 Å². The summed E-state index contributed by atoms with van der Waals surface area (Å²) in [6, 6.07) is 6.86. The van der Waals surface area contributed by atoms with Crippen LogP contribution in [0.5, 0.6) is 0 Å². The molecule has 1 amide bonds. The van der Waals surface area contributed by atoms with Crippen LogP contribution in [0.4, 0.5) is 0 Å². The third kappa shape index (κ3) is 2.78. The summed E-state index contributed by atoms with van der Waals surface area (Å²) in [6.07, 6.45) is 3.56. The van der Waals surface area contributed by atoms with E-state index in [1.807, 2.05) is 4.90 Å². The Morgan fingerprint density at radius 2 is 1.88 bits per heavy atom. The van der Waals surface area contributed by atoms with Gasteiger partial charge in [-0.15, -0.1) is 0 Å². The summed E-state index contributed by atoms with van der Waals surface area (Å²) < 4.78 is 5.28. The molecule has 4 heterocycles. The van der Waals surface area contributed by atoms with Crippen LogP contribution in [0.2, 0.25) is 0 Å². The number of nitrogens with one attached hydrogen (secondary N) is 2. The molecule has 0 aliphatic carbocycles. The number of likely N-dealkylation sites (tertiary alicyclic amines) is 1. The second-order valence-electron chi connectivity index (χ2n) is 6.64. The van der Waals surface area contributed by atoms with Crippen molar-refractivity contribution in [3.05, 3.63) is 46.4 Å². The molecule has 0 radical (unpaired) electrons. The van der Waals surface area contributed by atoms with Crippen molar-refractivity contribution in [3.63, 3.8) is 0 Å². The molecule has 6 heteroatoms. The minimum absolute atomic E-state index is 0.171. The molecule has 0 saturated carbocycles. The number of H-pyrrole nitrogens is 1. The maximum absolute atomic E-state index is 12.8. The van der Waals surface area contributed by atoms with E-state index in [-0.39, 0.29) is 17.0 Å². The first-order valence-corrected chi connectivity index (χ1v) is 8.49. The number of aromatic nitrogens is 1. The predicted molar refractivity (Wildman–Crippen MR) is 89.8 cm³/mol. The molecule has 126 valence electrons. The lowest BCUT2D eigenvalue weighted by molar-refractivity contribution is 0.0756. The van der Waals surface area contributed by atoms with Gasteiger partial charge in [0.15, 0.2) is 0 Å². The van der Waals surface area contributed by atoms with E-state index in [0.29, 0.717) is 23.3 Å². The number of rotatable bonds is 2. The van der Waals surface area contributed by atoms with Gasteiger partial charge in [0.2, 0.25) is 0 Å². The third-order valence-electron chi connectivity index (χ3n) is 5.23. The number of amides is 1. The highest BCUT2D eigenvalue weighted by molar-refractivity contribution is 5.94. The number of pyridine rings is 1. The van der Waals surface area contributed by atoms with Gasteiger partial charge in [-0.25, -0.2) is 0 Å². The minimum atomic E-state index is -0.361. The van der Waals surface area contributed by atoms with E-state index in [2.05, 4.69) is 10.3 Å². The minimum Gasteiger partial charge on any atom is -0.463 e. The molecule has 2 aromatic heterocycles. The molecule has 2 fully saturated rings. The van der Waals surface area contributed by atoms with Gasteiger partial charge in [-0.05, 0) is 62.0 Å². The summed E-state index contributed by atoms with van der Waals surface area (Å²) in [5.41, 5.74) is 0.425. The van der Waals surface area contributed by atoms with E-state index in [1.165, 1.54) is 0 Å². The molecule has 24 heavy (non-hydrogen) atoms. The van der Waals surface area contributed by atoms with E-state index in [0.717, 1.165) is 39.0 Å². The van der Waals surface area contributed by atoms with E-state index in [1.54, 1.807) is 30.5 Å². The van der Waals surface area contributed by atoms with Crippen LogP contribution in [0.15, 0.2) is 39.7 Å². The predicted octanol–water partition coefficient (Wildman–Crippen LogP) is 1.71. The van der Waals surface area contributed by atoms with Crippen molar-refractivity contribution in [2.75, 3.05) is 26.2 Å². The van der Waals surface area contributed by atoms with Gasteiger partial charge < -0.3 is 19.6 Å². The number of hydrogen-bond donors (Lipinski definition) is 2. The molecule has 0 bridgehead atoms. The number of hydrogen-bond acceptors (Lipinski definition) is 4. The van der Waals surface area contributed by atoms with Gasteiger partial charge in [-0.1, -0.05) is 0 Å². The smallest absolute Gasteiger partial charge is 0.261 e. The molecule has 6 nitrogen and oxygen atoms in total. The Bertz CT molecular complexity index is 767. The number of furan rings is 1. The highest BCUT2D eigenvalue weighted by atomic mass is 16.3. The number of nitrogens with zero attached hydrogens (tertiary/aromatic N) is 1. The molecule has 0 aromatic carbocycles. The fourth-order valence-corrected chi connectivity index (χ4v) is 3.81. The Balaban J connectivity index is 1.53. The first-order valence-electron chi connectivity index (χ1n) is 8.49. The summed E-state index contributed by atoms with van der Waals surface area (Å²) in [7, 11) is 0. The molecule has 4 rings (SSSR count). The number of carbonyl (C=O) groups is 1. The first kappa shape index (κ1) is 15.2. The Labute approximate surface area is 139 Å². The maximum Gasteiger partial charge on any atom is 0.261 e. The molecule has 2 saturated heterocycles. The van der Waals surface area contributed by atoms with Crippen molar-refractivity contribution in [2.24, 2.45) is 11.8 Å². The maximum atomic E-state index is 12.8. The Hall–Kier alpha value is -2.34. The standard InChI is InChI=1S/C18H21N3O3/c22-17-14(3-4-15(20-17)16-2-1-9-24-16)18(23)21-7-5-12-10-19-11-13(12)6-8-21/h1-4,9,12-13,19H,5-8,10-11H2,(H,20,22)/t12-,13+. The monoisotopic (exact) mass is 327 g/mol. The SMILES string of the molecule is O=C(c1ccc(-c2ccco2)[nH]c1=O)N1CC[C@@H]2CNC[C@@H]2CC1. The van der Waals surface area contributed by atoms with Crippen LogP contribution in [-0.4, -0.2) is 42.0 Å². The molecule has 2 atom stereocenters. The molecule has 2 aliphatic rings. The largest absolute Gasteiger partial charge is 0.463 e. The lowest BCUT2D eigenvalue weighted by atomic mass is 9.92. The lowest BCUT2D eigenvalue weighted by Crippen LogP contribution is -2.36. The summed E-state index contributed by atoms with van der Waals surface area (Å²) in [4.78, 5) is 29.7. The molecule has 0 unspecified atom stereocenters. The molecule has 2 N–H and O–H groups in total. The van der Waals surface area contributed by atoms with Gasteiger partial charge in [0.1, 0.15) is 11.3 Å². The lowest BCUT2D eigenvalue weighted by Gasteiger charge is -2.20. The van der Waals surface area contributed by atoms with Crippen LogP contribution in [0.1, 0.15) is 23.2 Å². The quantitative estimate of drug-likeness (QED) is 0.880. The summed E-state index contributed by atoms with van der Waals surface area (Å²) >= 11 is 0. The van der Waals surface area contributed by atoms with Gasteiger partial charge in [0.25, 0.3) is 11.5 Å². The van der Waals surface area contributed by atoms with Crippen LogP contribution in [-0.2, 0) is 0 Å². The number of carbonyl (C=O) groups excluding carboxylic acids is 1. The van der Waals surface area contributed by atoms with E-state index < -0.39 is 0 Å². The Kier molecular flexibility index (Phi) is 3.98. The van der Waals surface area contributed by atoms with Crippen molar-refractivity contribution in [1.82, 2.24) is 15.2 Å². The average Bonchev–Trinajstić information content (AvgIpc) is 3.23. The fraction of sp³-hybridized carbons (Fsp3) is 0.444. The fourth-order valence-electron chi connectivity index (χ4n) is 3.81. The van der Waals surface area contributed by atoms with Gasteiger partial charge in [0, 0.05) is 13.1 Å². The number of aromatic amines is 1. The summed E-state index contributed by atoms with van der Waals surface area (Å²) in [5, 5.41) is 3.43. The van der Waals surface area contributed by atoms with Crippen molar-refractivity contribution in [1.29, 1.82) is 0 Å². The zero-order valence-corrected chi connectivity index (χ0v) is 13.5. The van der Waals surface area contributed by atoms with E-state index >= 15 is 0 Å². The van der Waals surface area contributed by atoms with Crippen LogP contribution in [0, 0.1) is 11.8 Å². The van der Waals surface area contributed by atoms with Crippen LogP contribution >= 0.6 is 0 Å². The normalized spacial score (nSPS) is 23.8. The van der Waals surface area contributed by atoms with E-state index in [9.17, 15) is 9.59 Å². The molecule has 0 spiro atoms. The van der Waals surface area contributed by atoms with Crippen molar-refractivity contribution < 1.29 is 9.21 Å². The summed E-state index contributed by atoms with van der Waals surface area (Å²) in [6.45, 7) is 3.54. The van der Waals surface area contributed by atoms with Crippen LogP contribution in [0.25, 0.3) is 11.5 Å². The molecule has 2 aliphatic heterocycles. The van der Waals surface area contributed by atoms with Crippen molar-refractivity contribution >= 4 is 5.91 Å². The van der Waals surface area contributed by atoms with Gasteiger partial charge in [-0.3, -0.25) is 9.59 Å². The summed E-state index contributed by atoms with van der Waals surface area (Å²) in [5.74, 6) is 1.72. The topological polar surface area (TPSA) is 78.3 Å². The first-order chi connectivity index (χ1) is 11.7. The van der Waals surface area contributed by atoms with Gasteiger partial charge >= 0.3 is 0 Å². The second kappa shape index (κ2) is 6.28. The molecular weight excluding hydrogens is 306 g/mol. The van der Waals surface area contributed by atoms with Crippen LogP contribution in [0.3, 0.4) is 0 Å². The molecule has 2 aromatic rings. The Morgan fingerprint density at radius 3 is 2.50 bits per heavy atom. The van der Waals surface area contributed by atoms with Crippen molar-refractivity contribution in [3.8, 4) is 11.5 Å². The number of fused-ring (bicyclic) bond motifs is 1. The van der Waals surface area contributed by atoms with Gasteiger partial charge in [-0.2, -0.15) is 0 Å². The highest BCUT2D eigenvalue weighted by Crippen LogP contribution is 2.27.